The maximum atomic E-state index is 16.0. The van der Waals surface area contributed by atoms with Crippen molar-refractivity contribution >= 4 is 56.5 Å². The minimum atomic E-state index is -3.51. The van der Waals surface area contributed by atoms with Gasteiger partial charge in [-0.2, -0.15) is 4.41 Å². The smallest absolute Gasteiger partial charge is 0.243 e. The molecular weight excluding hydrogens is 990 g/mol. The molecule has 73 heavy (non-hydrogen) atoms. The number of halogens is 3. The number of amides is 2. The number of aryl methyl sites for hydroxylation is 2. The van der Waals surface area contributed by atoms with Gasteiger partial charge in [-0.15, -0.1) is 11.3 Å². The van der Waals surface area contributed by atoms with Crippen LogP contribution in [0.25, 0.3) is 32.6 Å². The van der Waals surface area contributed by atoms with Crippen molar-refractivity contribution in [3.8, 4) is 27.3 Å². The number of carbonyl (C=O) groups is 3. The molecule has 2 amide bonds. The summed E-state index contributed by atoms with van der Waals surface area (Å²) in [6.07, 6.45) is 0.882. The summed E-state index contributed by atoms with van der Waals surface area (Å²) in [7, 11) is -3.51. The summed E-state index contributed by atoms with van der Waals surface area (Å²) in [6, 6.07) is 18.5. The van der Waals surface area contributed by atoms with Crippen LogP contribution in [0.2, 0.25) is 0 Å². The van der Waals surface area contributed by atoms with E-state index in [1.807, 2.05) is 38.1 Å². The Morgan fingerprint density at radius 2 is 1.75 bits per heavy atom. The number of nitrogens with one attached hydrogen (secondary N) is 2. The first kappa shape index (κ1) is 50.9. The number of aromatic amines is 1. The Bertz CT molecular complexity index is 3210. The van der Waals surface area contributed by atoms with E-state index in [1.165, 1.54) is 11.1 Å². The largest absolute Gasteiger partial charge is 0.491 e. The van der Waals surface area contributed by atoms with E-state index in [9.17, 15) is 32.3 Å². The number of thiazole rings is 1. The van der Waals surface area contributed by atoms with E-state index >= 15 is 8.78 Å². The molecule has 0 saturated carbocycles. The fourth-order valence-corrected chi connectivity index (χ4v) is 10.7. The molecule has 0 aliphatic carbocycles. The number of hydrogen-bond acceptors (Lipinski definition) is 14. The van der Waals surface area contributed by atoms with Crippen molar-refractivity contribution in [3.05, 3.63) is 136 Å². The van der Waals surface area contributed by atoms with Crippen LogP contribution >= 0.6 is 11.3 Å². The van der Waals surface area contributed by atoms with Crippen LogP contribution in [0.5, 0.6) is 5.75 Å². The molecule has 0 radical (unpaired) electrons. The van der Waals surface area contributed by atoms with E-state index in [-0.39, 0.29) is 87.3 Å². The molecule has 0 spiro atoms. The maximum Gasteiger partial charge on any atom is 0.243 e. The Balaban J connectivity index is 0.796. The molecule has 2 fully saturated rings. The molecule has 3 N–H and O–H groups in total. The van der Waals surface area contributed by atoms with Crippen molar-refractivity contribution < 1.29 is 55.1 Å². The molecule has 9 rings (SSSR count). The second kappa shape index (κ2) is 22.0. The maximum absolute atomic E-state index is 16.0. The molecule has 17 nitrogen and oxygen atoms in total. The van der Waals surface area contributed by atoms with Gasteiger partial charge in [0.05, 0.1) is 52.6 Å². The van der Waals surface area contributed by atoms with Gasteiger partial charge in [-0.05, 0) is 80.6 Å². The number of benzene rings is 3. The summed E-state index contributed by atoms with van der Waals surface area (Å²) in [5.41, 5.74) is 5.05. The molecule has 6 heterocycles. The van der Waals surface area contributed by atoms with Crippen molar-refractivity contribution in [1.82, 2.24) is 35.3 Å². The van der Waals surface area contributed by atoms with Gasteiger partial charge in [0.2, 0.25) is 28.5 Å². The summed E-state index contributed by atoms with van der Waals surface area (Å²) in [4.78, 5) is 55.9. The number of nitrogens with zero attached hydrogens (tertiary/aromatic N) is 6. The average molecular weight is 1040 g/mol. The van der Waals surface area contributed by atoms with Crippen molar-refractivity contribution in [2.75, 3.05) is 43.9 Å². The highest BCUT2D eigenvalue weighted by atomic mass is 32.2. The number of rotatable bonds is 19. The van der Waals surface area contributed by atoms with Gasteiger partial charge >= 0.3 is 0 Å². The third-order valence-electron chi connectivity index (χ3n) is 13.0. The van der Waals surface area contributed by atoms with E-state index in [4.69, 9.17) is 14.0 Å². The quantitative estimate of drug-likeness (QED) is 0.0360. The minimum absolute atomic E-state index is 0.0219. The van der Waals surface area contributed by atoms with E-state index in [0.717, 1.165) is 38.8 Å². The lowest BCUT2D eigenvalue weighted by atomic mass is 9.99. The van der Waals surface area contributed by atoms with Gasteiger partial charge in [0, 0.05) is 61.1 Å². The predicted octanol–water partition coefficient (Wildman–Crippen LogP) is 7.17. The number of alkyl halides is 1. The van der Waals surface area contributed by atoms with Crippen LogP contribution in [0.3, 0.4) is 0 Å². The zero-order valence-electron chi connectivity index (χ0n) is 39.8. The second-order valence-corrected chi connectivity index (χ2v) is 19.7. The van der Waals surface area contributed by atoms with Crippen LogP contribution in [-0.4, -0.2) is 119 Å². The average Bonchev–Trinajstić information content (AvgIpc) is 4.25. The fraction of sp³-hybridized carbons (Fsp3) is 0.333. The van der Waals surface area contributed by atoms with Crippen molar-refractivity contribution in [1.29, 1.82) is 0 Å². The van der Waals surface area contributed by atoms with Gasteiger partial charge in [0.1, 0.15) is 53.4 Å². The Morgan fingerprint density at radius 3 is 2.44 bits per heavy atom. The number of hydrazine groups is 1. The topological polar surface area (TPSA) is 213 Å². The molecule has 3 aromatic carbocycles. The number of ether oxygens (including phenoxy) is 2. The number of aliphatic hydroxyl groups is 1. The van der Waals surface area contributed by atoms with Crippen molar-refractivity contribution in [3.63, 3.8) is 0 Å². The van der Waals surface area contributed by atoms with Gasteiger partial charge < -0.3 is 34.3 Å². The number of anilines is 1. The fourth-order valence-electron chi connectivity index (χ4n) is 9.21. The molecule has 0 bridgehead atoms. The number of carbonyl (C=O) groups excluding carboxylic acids is 3. The predicted molar refractivity (Wildman–Crippen MR) is 265 cm³/mol. The minimum Gasteiger partial charge on any atom is -0.491 e. The number of H-pyrrole nitrogens is 1. The molecule has 5 atom stereocenters. The van der Waals surface area contributed by atoms with Crippen molar-refractivity contribution in [2.45, 2.75) is 70.3 Å². The summed E-state index contributed by atoms with van der Waals surface area (Å²) >= 11 is 1.56. The number of pyridine rings is 1. The van der Waals surface area contributed by atoms with E-state index < -0.39 is 69.7 Å². The number of ketones is 1. The number of aliphatic hydroxyl groups excluding tert-OH is 1. The highest BCUT2D eigenvalue weighted by molar-refractivity contribution is 7.73. The first-order valence-corrected chi connectivity index (χ1v) is 25.5. The third kappa shape index (κ3) is 11.0. The van der Waals surface area contributed by atoms with E-state index in [2.05, 4.69) is 25.4 Å². The summed E-state index contributed by atoms with van der Waals surface area (Å²) in [5.74, 6) is -4.47. The normalized spacial score (nSPS) is 17.9. The summed E-state index contributed by atoms with van der Waals surface area (Å²) < 4.78 is 87.6. The van der Waals surface area contributed by atoms with Crippen LogP contribution in [-0.2, 0) is 25.2 Å². The molecular formula is C51H51F3N8O9S2. The lowest BCUT2D eigenvalue weighted by Crippen LogP contribution is -2.48. The standard InChI is InChI=1S/C51H51F3N8O9S2/c1-28-20-44(71-59-28)38(51(66)61-26-36(63)22-43(61)50(65)58-29(2)31-4-6-33(7-5-31)48-30(3)57-27-72-48)15-17-69-18-19-70-37-10-8-32(9-11-37)34-21-39-40(24-56-49(39)55-23-34)47(64)45-41(53)12-13-42(46(45)54)62(73(67)68)60-16-14-35(52)25-60/h4-13,20-21,23-24,27,29,35-36,38,43,63,73H,14-19,22,25-26H2,1-3H3,(H,55,56)(H,58,65)/t29-,35+,36+,38?,43-/m0/s1. The number of β-amino-alcohol motifs (C(OH)–C–C–N with tert-alkyl or cyclic N) is 1. The Kier molecular flexibility index (Phi) is 15.4. The lowest BCUT2D eigenvalue weighted by Gasteiger charge is -2.28. The van der Waals surface area contributed by atoms with Gasteiger partial charge in [0.25, 0.3) is 0 Å². The highest BCUT2D eigenvalue weighted by Gasteiger charge is 2.43. The number of thiol groups is 1. The number of fused-ring (bicyclic) bond motifs is 1. The Morgan fingerprint density at radius 1 is 0.986 bits per heavy atom. The Hall–Kier alpha value is -6.98. The molecule has 382 valence electrons. The second-order valence-electron chi connectivity index (χ2n) is 17.9. The molecule has 2 aliphatic heterocycles. The SMILES string of the molecule is Cc1cc(C(CCOCCOc2ccc(-c3cnc4[nH]cc(C(=O)c5c(F)ccc(N(N6CC[C@@H](F)C6)[SH](=O)=O)c5F)c4c3)cc2)C(=O)N2C[C@H](O)C[C@H]2C(=O)N[C@@H](C)c2ccc(-c3scnc3C)cc2)on1. The molecule has 1 unspecified atom stereocenters. The monoisotopic (exact) mass is 1040 g/mol. The highest BCUT2D eigenvalue weighted by Crippen LogP contribution is 2.34. The van der Waals surface area contributed by atoms with Gasteiger partial charge in [-0.1, -0.05) is 41.6 Å². The molecule has 22 heteroatoms. The van der Waals surface area contributed by atoms with Crippen LogP contribution in [0.15, 0.2) is 95.2 Å². The van der Waals surface area contributed by atoms with Gasteiger partial charge in [-0.25, -0.2) is 36.6 Å². The zero-order chi connectivity index (χ0) is 51.5. The molecule has 4 aromatic heterocycles. The number of hydrogen-bond donors (Lipinski definition) is 4. The number of aromatic nitrogens is 4. The number of likely N-dealkylation sites (tertiary alicyclic amines) is 1. The molecule has 7 aromatic rings. The molecule has 2 saturated heterocycles. The first-order valence-electron chi connectivity index (χ1n) is 23.5. The Labute approximate surface area is 423 Å². The van der Waals surface area contributed by atoms with E-state index in [1.54, 1.807) is 66.4 Å². The summed E-state index contributed by atoms with van der Waals surface area (Å²) in [5, 5.41) is 19.1. The van der Waals surface area contributed by atoms with Crippen LogP contribution < -0.4 is 14.5 Å². The van der Waals surface area contributed by atoms with Gasteiger partial charge in [-0.3, -0.25) is 14.4 Å². The third-order valence-corrected chi connectivity index (χ3v) is 14.7. The van der Waals surface area contributed by atoms with Gasteiger partial charge in [0.15, 0.2) is 5.82 Å². The lowest BCUT2D eigenvalue weighted by molar-refractivity contribution is -0.140. The van der Waals surface area contributed by atoms with Crippen LogP contribution in [0, 0.1) is 25.5 Å². The van der Waals surface area contributed by atoms with Crippen LogP contribution in [0.1, 0.15) is 76.8 Å². The molecule has 2 aliphatic rings. The van der Waals surface area contributed by atoms with Crippen molar-refractivity contribution in [2.24, 2.45) is 0 Å². The van der Waals surface area contributed by atoms with E-state index in [0.29, 0.717) is 32.7 Å². The summed E-state index contributed by atoms with van der Waals surface area (Å²) in [6.45, 7) is 5.64. The van der Waals surface area contributed by atoms with Crippen LogP contribution in [0.4, 0.5) is 18.9 Å². The zero-order valence-corrected chi connectivity index (χ0v) is 41.5. The first-order chi connectivity index (χ1) is 35.1.